The van der Waals surface area contributed by atoms with Gasteiger partial charge in [0, 0.05) is 22.7 Å². The van der Waals surface area contributed by atoms with Gasteiger partial charge in [-0.05, 0) is 73.2 Å². The predicted molar refractivity (Wildman–Crippen MR) is 132 cm³/mol. The average molecular weight is 401 g/mol. The Morgan fingerprint density at radius 2 is 0.900 bits per heavy atom. The summed E-state index contributed by atoms with van der Waals surface area (Å²) < 4.78 is 0. The molecular weight excluding hydrogens is 364 g/mol. The van der Waals surface area contributed by atoms with E-state index in [4.69, 9.17) is 0 Å². The van der Waals surface area contributed by atoms with Gasteiger partial charge in [-0.25, -0.2) is 0 Å². The number of anilines is 4. The molecule has 2 N–H and O–H groups in total. The molecule has 0 saturated heterocycles. The Hall–Kier alpha value is -2.74. The van der Waals surface area contributed by atoms with E-state index in [0.29, 0.717) is 0 Å². The minimum absolute atomic E-state index is 1.12. The van der Waals surface area contributed by atoms with Gasteiger partial charge in [0.25, 0.3) is 0 Å². The zero-order valence-corrected chi connectivity index (χ0v) is 18.6. The van der Waals surface area contributed by atoms with Gasteiger partial charge in [0.2, 0.25) is 0 Å². The van der Waals surface area contributed by atoms with Gasteiger partial charge in [0.05, 0.1) is 0 Å². The van der Waals surface area contributed by atoms with Crippen LogP contribution in [0.2, 0.25) is 0 Å². The third kappa shape index (κ3) is 6.66. The van der Waals surface area contributed by atoms with Gasteiger partial charge in [-0.1, -0.05) is 75.9 Å². The molecule has 0 spiro atoms. The van der Waals surface area contributed by atoms with Crippen molar-refractivity contribution in [2.45, 2.75) is 65.2 Å². The number of unbranched alkanes of at least 4 members (excludes halogenated alkanes) is 4. The van der Waals surface area contributed by atoms with E-state index >= 15 is 0 Å². The van der Waals surface area contributed by atoms with Gasteiger partial charge in [-0.3, -0.25) is 0 Å². The highest BCUT2D eigenvalue weighted by Crippen LogP contribution is 2.26. The molecule has 3 aromatic carbocycles. The second-order valence-electron chi connectivity index (χ2n) is 8.06. The molecule has 0 aliphatic carbocycles. The lowest BCUT2D eigenvalue weighted by Crippen LogP contribution is -1.98. The van der Waals surface area contributed by atoms with Gasteiger partial charge >= 0.3 is 0 Å². The summed E-state index contributed by atoms with van der Waals surface area (Å²) in [6.07, 6.45) is 9.84. The van der Waals surface area contributed by atoms with Crippen molar-refractivity contribution in [3.8, 4) is 0 Å². The monoisotopic (exact) mass is 400 g/mol. The number of hydrogen-bond acceptors (Lipinski definition) is 2. The van der Waals surface area contributed by atoms with Crippen molar-refractivity contribution < 1.29 is 0 Å². The quantitative estimate of drug-likeness (QED) is 0.297. The molecule has 0 fully saturated rings. The molecule has 0 saturated carbocycles. The normalized spacial score (nSPS) is 10.7. The highest BCUT2D eigenvalue weighted by molar-refractivity contribution is 5.68. The topological polar surface area (TPSA) is 24.1 Å². The molecule has 3 aromatic rings. The van der Waals surface area contributed by atoms with Crippen LogP contribution in [0.1, 0.15) is 63.5 Å². The number of benzene rings is 3. The molecule has 0 unspecified atom stereocenters. The van der Waals surface area contributed by atoms with Crippen molar-refractivity contribution in [1.82, 2.24) is 0 Å². The summed E-state index contributed by atoms with van der Waals surface area (Å²) >= 11 is 0. The minimum atomic E-state index is 1.12. The smallest absolute Gasteiger partial charge is 0.0416 e. The molecule has 0 aliphatic rings. The lowest BCUT2D eigenvalue weighted by atomic mass is 10.0. The zero-order chi connectivity index (χ0) is 21.0. The Bertz CT molecular complexity index is 809. The predicted octanol–water partition coefficient (Wildman–Crippen LogP) is 8.64. The SMILES string of the molecule is CCCCCc1ccccc1Nc1ccc(Nc2ccccc2CCCCC)cc1. The largest absolute Gasteiger partial charge is 0.355 e. The fourth-order valence-corrected chi connectivity index (χ4v) is 3.80. The average Bonchev–Trinajstić information content (AvgIpc) is 2.78. The maximum atomic E-state index is 3.61. The molecule has 0 aliphatic heterocycles. The van der Waals surface area contributed by atoms with Crippen molar-refractivity contribution in [1.29, 1.82) is 0 Å². The standard InChI is InChI=1S/C28H36N2/c1-3-5-7-13-23-15-9-11-17-27(23)29-25-19-21-26(22-20-25)30-28-18-12-10-16-24(28)14-8-6-4-2/h9-12,15-22,29-30H,3-8,13-14H2,1-2H3. The van der Waals surface area contributed by atoms with Crippen LogP contribution >= 0.6 is 0 Å². The summed E-state index contributed by atoms with van der Waals surface area (Å²) in [6, 6.07) is 26.0. The van der Waals surface area contributed by atoms with E-state index in [2.05, 4.69) is 97.3 Å². The third-order valence-corrected chi connectivity index (χ3v) is 5.58. The molecule has 3 rings (SSSR count). The van der Waals surface area contributed by atoms with E-state index in [1.807, 2.05) is 0 Å². The van der Waals surface area contributed by atoms with Gasteiger partial charge < -0.3 is 10.6 Å². The van der Waals surface area contributed by atoms with E-state index in [-0.39, 0.29) is 0 Å². The van der Waals surface area contributed by atoms with Gasteiger partial charge in [-0.15, -0.1) is 0 Å². The van der Waals surface area contributed by atoms with Gasteiger partial charge in [-0.2, -0.15) is 0 Å². The van der Waals surface area contributed by atoms with E-state index in [1.165, 1.54) is 61.0 Å². The molecule has 0 radical (unpaired) electrons. The van der Waals surface area contributed by atoms with Gasteiger partial charge in [0.15, 0.2) is 0 Å². The Balaban J connectivity index is 1.64. The molecule has 158 valence electrons. The summed E-state index contributed by atoms with van der Waals surface area (Å²) in [6.45, 7) is 4.51. The number of nitrogens with one attached hydrogen (secondary N) is 2. The van der Waals surface area contributed by atoms with Crippen molar-refractivity contribution in [2.75, 3.05) is 10.6 Å². The van der Waals surface area contributed by atoms with E-state index in [0.717, 1.165) is 24.2 Å². The van der Waals surface area contributed by atoms with Crippen LogP contribution in [0.15, 0.2) is 72.8 Å². The number of aryl methyl sites for hydroxylation is 2. The Kier molecular flexibility index (Phi) is 8.83. The first-order valence-corrected chi connectivity index (χ1v) is 11.6. The molecule has 30 heavy (non-hydrogen) atoms. The van der Waals surface area contributed by atoms with Crippen molar-refractivity contribution in [3.63, 3.8) is 0 Å². The Labute approximate surface area is 182 Å². The second kappa shape index (κ2) is 12.1. The van der Waals surface area contributed by atoms with Crippen LogP contribution in [-0.4, -0.2) is 0 Å². The highest BCUT2D eigenvalue weighted by atomic mass is 14.9. The zero-order valence-electron chi connectivity index (χ0n) is 18.6. The van der Waals surface area contributed by atoms with Crippen molar-refractivity contribution >= 4 is 22.7 Å². The van der Waals surface area contributed by atoms with E-state index < -0.39 is 0 Å². The first-order valence-electron chi connectivity index (χ1n) is 11.6. The van der Waals surface area contributed by atoms with Crippen molar-refractivity contribution in [2.24, 2.45) is 0 Å². The van der Waals surface area contributed by atoms with Crippen molar-refractivity contribution in [3.05, 3.63) is 83.9 Å². The number of hydrogen-bond donors (Lipinski definition) is 2. The summed E-state index contributed by atoms with van der Waals surface area (Å²) in [5.74, 6) is 0. The molecule has 0 amide bonds. The van der Waals surface area contributed by atoms with Crippen LogP contribution in [-0.2, 0) is 12.8 Å². The third-order valence-electron chi connectivity index (χ3n) is 5.58. The highest BCUT2D eigenvalue weighted by Gasteiger charge is 2.05. The maximum absolute atomic E-state index is 3.61. The summed E-state index contributed by atoms with van der Waals surface area (Å²) in [5, 5.41) is 7.22. The molecule has 0 heterocycles. The minimum Gasteiger partial charge on any atom is -0.355 e. The summed E-state index contributed by atoms with van der Waals surface area (Å²) in [7, 11) is 0. The summed E-state index contributed by atoms with van der Waals surface area (Å²) in [5.41, 5.74) is 7.48. The molecule has 0 bridgehead atoms. The lowest BCUT2D eigenvalue weighted by Gasteiger charge is -2.14. The van der Waals surface area contributed by atoms with Gasteiger partial charge in [0.1, 0.15) is 0 Å². The second-order valence-corrected chi connectivity index (χ2v) is 8.06. The van der Waals surface area contributed by atoms with Crippen LogP contribution in [0.5, 0.6) is 0 Å². The number of rotatable bonds is 12. The number of para-hydroxylation sites is 2. The Morgan fingerprint density at radius 1 is 0.500 bits per heavy atom. The fourth-order valence-electron chi connectivity index (χ4n) is 3.80. The van der Waals surface area contributed by atoms with E-state index in [9.17, 15) is 0 Å². The van der Waals surface area contributed by atoms with Crippen LogP contribution in [0, 0.1) is 0 Å². The Morgan fingerprint density at radius 3 is 1.30 bits per heavy atom. The lowest BCUT2D eigenvalue weighted by molar-refractivity contribution is 0.718. The van der Waals surface area contributed by atoms with Crippen LogP contribution in [0.3, 0.4) is 0 Å². The molecular formula is C28H36N2. The van der Waals surface area contributed by atoms with E-state index in [1.54, 1.807) is 0 Å². The fraction of sp³-hybridized carbons (Fsp3) is 0.357. The molecule has 2 nitrogen and oxygen atoms in total. The molecule has 2 heteroatoms. The van der Waals surface area contributed by atoms with Crippen LogP contribution < -0.4 is 10.6 Å². The first-order chi connectivity index (χ1) is 14.8. The van der Waals surface area contributed by atoms with Crippen LogP contribution in [0.4, 0.5) is 22.7 Å². The first kappa shape index (κ1) is 22.0. The molecule has 0 atom stereocenters. The molecule has 0 aromatic heterocycles. The maximum Gasteiger partial charge on any atom is 0.0416 e. The summed E-state index contributed by atoms with van der Waals surface area (Å²) in [4.78, 5) is 0. The van der Waals surface area contributed by atoms with Crippen LogP contribution in [0.25, 0.3) is 0 Å².